The Hall–Kier alpha value is -4.42. The molecule has 5 N–H and O–H groups in total. The van der Waals surface area contributed by atoms with Gasteiger partial charge in [0.15, 0.2) is 12.1 Å². The first kappa shape index (κ1) is 32.8. The molecule has 1 aliphatic heterocycles. The molecular weight excluding hydrogens is 561 g/mol. The molecule has 0 fully saturated rings. The number of benzene rings is 1. The number of nitrogens with zero attached hydrogens (tertiary/aromatic N) is 4. The van der Waals surface area contributed by atoms with Crippen molar-refractivity contribution in [1.82, 2.24) is 20.2 Å². The molecule has 216 valence electrons. The Morgan fingerprint density at radius 1 is 1.22 bits per heavy atom. The topological polar surface area (TPSA) is 140 Å². The highest BCUT2D eigenvalue weighted by atomic mass is 32.1. The first-order valence-electron chi connectivity index (χ1n) is 12.6. The van der Waals surface area contributed by atoms with Crippen LogP contribution in [-0.4, -0.2) is 53.5 Å². The van der Waals surface area contributed by atoms with Crippen LogP contribution in [0, 0.1) is 5.82 Å². The number of aromatic nitrogens is 2. The molecule has 41 heavy (non-hydrogen) atoms. The first-order valence-corrected chi connectivity index (χ1v) is 14.3. The Labute approximate surface area is 247 Å². The maximum absolute atomic E-state index is 11.9. The van der Waals surface area contributed by atoms with E-state index < -0.39 is 0 Å². The molecule has 1 aliphatic rings. The van der Waals surface area contributed by atoms with E-state index in [1.54, 1.807) is 35.0 Å². The molecule has 0 atom stereocenters. The molecule has 1 amide bonds. The monoisotopic (exact) mass is 595 g/mol. The van der Waals surface area contributed by atoms with Gasteiger partial charge in [-0.25, -0.2) is 19.4 Å². The lowest BCUT2D eigenvalue weighted by molar-refractivity contribution is -0.107. The molecule has 0 saturated carbocycles. The average Bonchev–Trinajstić information content (AvgIpc) is 3.67. The number of thiophene rings is 1. The molecule has 5 rings (SSSR count). The summed E-state index contributed by atoms with van der Waals surface area (Å²) in [4.78, 5) is 36.8. The van der Waals surface area contributed by atoms with Gasteiger partial charge in [0.2, 0.25) is 6.41 Å². The molecule has 0 radical (unpaired) electrons. The molecule has 9 nitrogen and oxygen atoms in total. The van der Waals surface area contributed by atoms with Gasteiger partial charge in [-0.15, -0.1) is 35.8 Å². The van der Waals surface area contributed by atoms with Gasteiger partial charge < -0.3 is 21.7 Å². The van der Waals surface area contributed by atoms with Gasteiger partial charge in [-0.1, -0.05) is 18.2 Å². The molecule has 0 bridgehead atoms. The highest BCUT2D eigenvalue weighted by molar-refractivity contribution is 7.19. The highest BCUT2D eigenvalue weighted by Gasteiger charge is 2.17. The fourth-order valence-electron chi connectivity index (χ4n) is 3.66. The average molecular weight is 596 g/mol. The third-order valence-corrected chi connectivity index (χ3v) is 7.24. The number of hydrogen-bond acceptors (Lipinski definition) is 9. The smallest absolute Gasteiger partial charge is 0.204 e. The van der Waals surface area contributed by atoms with Crippen LogP contribution in [0.3, 0.4) is 0 Å². The van der Waals surface area contributed by atoms with E-state index in [0.717, 1.165) is 66.0 Å². The van der Waals surface area contributed by atoms with Crippen LogP contribution >= 0.6 is 22.7 Å². The fourth-order valence-corrected chi connectivity index (χ4v) is 5.26. The van der Waals surface area contributed by atoms with Gasteiger partial charge in [-0.2, -0.15) is 0 Å². The van der Waals surface area contributed by atoms with Crippen molar-refractivity contribution in [3.63, 3.8) is 0 Å². The zero-order chi connectivity index (χ0) is 30.0. The van der Waals surface area contributed by atoms with E-state index in [1.165, 1.54) is 28.3 Å². The summed E-state index contributed by atoms with van der Waals surface area (Å²) in [5, 5.41) is 6.24. The number of pyridine rings is 1. The lowest BCUT2D eigenvalue weighted by atomic mass is 10.1. The van der Waals surface area contributed by atoms with Gasteiger partial charge in [0.1, 0.15) is 17.3 Å². The number of hydrogen-bond donors (Lipinski definition) is 3. The minimum absolute atomic E-state index is 0.178. The predicted octanol–water partition coefficient (Wildman–Crippen LogP) is 4.78. The van der Waals surface area contributed by atoms with Crippen molar-refractivity contribution < 1.29 is 14.0 Å². The molecule has 0 unspecified atom stereocenters. The van der Waals surface area contributed by atoms with E-state index in [9.17, 15) is 9.18 Å². The number of nitrogens with two attached hydrogens (primary N) is 2. The second kappa shape index (κ2) is 18.0. The lowest BCUT2D eigenvalue weighted by Gasteiger charge is -2.22. The minimum atomic E-state index is -0.178. The molecule has 3 aromatic heterocycles. The van der Waals surface area contributed by atoms with Crippen molar-refractivity contribution in [1.29, 1.82) is 0 Å². The number of halogens is 1. The SMILES string of the molecule is C=C.CN(CCc1cc2cnc(N)cc2s1)C(=NC1=C(C=O)NCCC1)c1cscn1.Fc1ccccc1.NC=O. The zero-order valence-electron chi connectivity index (χ0n) is 22.8. The van der Waals surface area contributed by atoms with Crippen molar-refractivity contribution in [3.8, 4) is 0 Å². The molecule has 0 spiro atoms. The van der Waals surface area contributed by atoms with Gasteiger partial charge in [-0.3, -0.25) is 9.59 Å². The van der Waals surface area contributed by atoms with Crippen molar-refractivity contribution in [3.05, 3.63) is 100 Å². The van der Waals surface area contributed by atoms with E-state index in [-0.39, 0.29) is 12.2 Å². The normalized spacial score (nSPS) is 12.4. The largest absolute Gasteiger partial charge is 0.384 e. The van der Waals surface area contributed by atoms with Crippen LogP contribution in [0.4, 0.5) is 10.2 Å². The van der Waals surface area contributed by atoms with Crippen LogP contribution < -0.4 is 16.8 Å². The summed E-state index contributed by atoms with van der Waals surface area (Å²) < 4.78 is 13.1. The number of primary amides is 1. The van der Waals surface area contributed by atoms with Crippen molar-refractivity contribution >= 4 is 57.1 Å². The second-order valence-corrected chi connectivity index (χ2v) is 10.2. The summed E-state index contributed by atoms with van der Waals surface area (Å²) in [6, 6.07) is 12.0. The number of rotatable bonds is 6. The van der Waals surface area contributed by atoms with E-state index >= 15 is 0 Å². The number of fused-ring (bicyclic) bond motifs is 1. The zero-order valence-corrected chi connectivity index (χ0v) is 24.5. The van der Waals surface area contributed by atoms with E-state index in [4.69, 9.17) is 15.5 Å². The second-order valence-electron chi connectivity index (χ2n) is 8.28. The van der Waals surface area contributed by atoms with Crippen LogP contribution in [-0.2, 0) is 16.0 Å². The first-order chi connectivity index (χ1) is 19.9. The quantitative estimate of drug-likeness (QED) is 0.126. The third kappa shape index (κ3) is 10.6. The number of amidine groups is 1. The maximum atomic E-state index is 11.9. The van der Waals surface area contributed by atoms with Crippen LogP contribution in [0.1, 0.15) is 23.4 Å². The Morgan fingerprint density at radius 2 is 1.95 bits per heavy atom. The van der Waals surface area contributed by atoms with Crippen LogP contribution in [0.5, 0.6) is 0 Å². The summed E-state index contributed by atoms with van der Waals surface area (Å²) >= 11 is 3.27. The molecular formula is C29H34FN7O2S2. The molecule has 0 saturated heterocycles. The van der Waals surface area contributed by atoms with Crippen LogP contribution in [0.2, 0.25) is 0 Å². The summed E-state index contributed by atoms with van der Waals surface area (Å²) in [6.45, 7) is 7.59. The molecule has 0 aliphatic carbocycles. The van der Waals surface area contributed by atoms with Gasteiger partial charge in [0, 0.05) is 46.7 Å². The Balaban J connectivity index is 0.000000413. The fraction of sp³-hybridized carbons (Fsp3) is 0.207. The number of carbonyl (C=O) groups is 2. The summed E-state index contributed by atoms with van der Waals surface area (Å²) in [5.74, 6) is 1.15. The summed E-state index contributed by atoms with van der Waals surface area (Å²) in [7, 11) is 2.02. The molecule has 4 aromatic rings. The minimum Gasteiger partial charge on any atom is -0.384 e. The van der Waals surface area contributed by atoms with Gasteiger partial charge in [0.25, 0.3) is 0 Å². The van der Waals surface area contributed by atoms with Crippen molar-refractivity contribution in [2.24, 2.45) is 10.7 Å². The lowest BCUT2D eigenvalue weighted by Crippen LogP contribution is -2.31. The van der Waals surface area contributed by atoms with E-state index in [0.29, 0.717) is 11.5 Å². The number of anilines is 1. The van der Waals surface area contributed by atoms with Crippen LogP contribution in [0.25, 0.3) is 10.1 Å². The maximum Gasteiger partial charge on any atom is 0.204 e. The molecule has 4 heterocycles. The molecule has 12 heteroatoms. The Morgan fingerprint density at radius 3 is 2.56 bits per heavy atom. The van der Waals surface area contributed by atoms with Gasteiger partial charge in [0.05, 0.1) is 16.9 Å². The summed E-state index contributed by atoms with van der Waals surface area (Å²) in [5.41, 5.74) is 14.0. The number of aldehydes is 1. The summed E-state index contributed by atoms with van der Waals surface area (Å²) in [6.07, 6.45) is 5.54. The highest BCUT2D eigenvalue weighted by Crippen LogP contribution is 2.27. The number of aliphatic imine (C=N–C) groups is 1. The van der Waals surface area contributed by atoms with Gasteiger partial charge >= 0.3 is 0 Å². The number of likely N-dealkylation sites (N-methyl/N-ethyl adjacent to an activating group) is 1. The van der Waals surface area contributed by atoms with Crippen LogP contribution in [0.15, 0.2) is 89.1 Å². The number of allylic oxidation sites excluding steroid dienone is 2. The van der Waals surface area contributed by atoms with Crippen molar-refractivity contribution in [2.45, 2.75) is 19.3 Å². The third-order valence-electron chi connectivity index (χ3n) is 5.50. The number of amides is 1. The number of carbonyl (C=O) groups excluding carboxylic acids is 2. The van der Waals surface area contributed by atoms with E-state index in [1.807, 2.05) is 24.7 Å². The predicted molar refractivity (Wildman–Crippen MR) is 167 cm³/mol. The standard InChI is InChI=1S/C20H22N6OS2.C6H5F.C2H4.CH3NO/c1-26(6-4-14-7-13-9-23-19(21)8-18(13)29-14)20(17-11-28-12-24-17)25-15-3-2-5-22-16(15)10-27;7-6-4-2-1-3-5-6;1-2;2-1-3/h7-12,22H,2-6H2,1H3,(H2,21,23);1-5H;1-2H2;1H,(H2,2,3). The molecule has 1 aromatic carbocycles. The number of thiazole rings is 1. The van der Waals surface area contributed by atoms with E-state index in [2.05, 4.69) is 45.1 Å². The Kier molecular flexibility index (Phi) is 14.4. The number of nitrogens with one attached hydrogen (secondary N) is 1. The van der Waals surface area contributed by atoms with Gasteiger partial charge in [-0.05, 0) is 43.5 Å². The Bertz CT molecular complexity index is 1420. The number of nitrogen functional groups attached to an aromatic ring is 1. The van der Waals surface area contributed by atoms with Crippen molar-refractivity contribution in [2.75, 3.05) is 25.9 Å².